The van der Waals surface area contributed by atoms with Crippen LogP contribution in [0.5, 0.6) is 0 Å². The number of carbonyl (C=O) groups excluding carboxylic acids is 3. The highest BCUT2D eigenvalue weighted by Crippen LogP contribution is 2.53. The Morgan fingerprint density at radius 3 is 2.50 bits per heavy atom. The lowest BCUT2D eigenvalue weighted by Crippen LogP contribution is -2.43. The van der Waals surface area contributed by atoms with Gasteiger partial charge in [-0.3, -0.25) is 23.7 Å². The molecule has 6 rings (SSSR count). The number of nitrogens with zero attached hydrogens (tertiary/aromatic N) is 3. The van der Waals surface area contributed by atoms with Gasteiger partial charge in [0.2, 0.25) is 17.7 Å². The van der Waals surface area contributed by atoms with E-state index in [-0.39, 0.29) is 29.1 Å². The van der Waals surface area contributed by atoms with Gasteiger partial charge in [-0.1, -0.05) is 40.8 Å². The Hall–Kier alpha value is -3.15. The lowest BCUT2D eigenvalue weighted by atomic mass is 9.87. The maximum atomic E-state index is 13.7. The molecule has 3 aliphatic rings. The Morgan fingerprint density at radius 1 is 1.06 bits per heavy atom. The second kappa shape index (κ2) is 9.06. The summed E-state index contributed by atoms with van der Waals surface area (Å²) in [4.78, 5) is 56.7. The predicted octanol–water partition coefficient (Wildman–Crippen LogP) is 2.47. The first-order chi connectivity index (χ1) is 17.4. The van der Waals surface area contributed by atoms with E-state index in [1.807, 2.05) is 19.1 Å². The van der Waals surface area contributed by atoms with Crippen molar-refractivity contribution in [1.82, 2.24) is 9.47 Å². The van der Waals surface area contributed by atoms with Crippen molar-refractivity contribution in [2.75, 3.05) is 31.2 Å². The molecule has 0 N–H and O–H groups in total. The summed E-state index contributed by atoms with van der Waals surface area (Å²) < 4.78 is 12.5. The summed E-state index contributed by atoms with van der Waals surface area (Å²) >= 11 is 2.21. The number of thiazole rings is 1. The van der Waals surface area contributed by atoms with Gasteiger partial charge in [0, 0.05) is 13.1 Å². The van der Waals surface area contributed by atoms with E-state index in [1.165, 1.54) is 27.5 Å². The molecule has 3 amide bonds. The number of ether oxygens (including phenoxy) is 1. The monoisotopic (exact) mass is 525 g/mol. The number of rotatable bonds is 4. The van der Waals surface area contributed by atoms with Gasteiger partial charge in [0.1, 0.15) is 17.6 Å². The van der Waals surface area contributed by atoms with Crippen molar-refractivity contribution in [2.24, 2.45) is 5.92 Å². The van der Waals surface area contributed by atoms with E-state index in [0.717, 1.165) is 16.9 Å². The minimum absolute atomic E-state index is 0.121. The SMILES string of the molecule is Cc1ccc(N2C(=O)C3Sc4c(sc(=O)n4CC(=O)N4CCOCC4)C(c4ccco4)C3C2=O)cc1. The fraction of sp³-hybridized carbons (Fsp3) is 0.360. The van der Waals surface area contributed by atoms with Crippen molar-refractivity contribution in [2.45, 2.75) is 29.7 Å². The molecule has 3 aliphatic heterocycles. The molecule has 3 unspecified atom stereocenters. The first kappa shape index (κ1) is 23.3. The molecule has 2 saturated heterocycles. The second-order valence-electron chi connectivity index (χ2n) is 9.02. The number of carbonyl (C=O) groups is 3. The van der Waals surface area contributed by atoms with Crippen LogP contribution in [0.4, 0.5) is 5.69 Å². The Kier molecular flexibility index (Phi) is 5.85. The van der Waals surface area contributed by atoms with Gasteiger partial charge in [-0.2, -0.15) is 0 Å². The number of imide groups is 1. The topological polar surface area (TPSA) is 102 Å². The van der Waals surface area contributed by atoms with Crippen molar-refractivity contribution in [3.63, 3.8) is 0 Å². The number of thioether (sulfide) groups is 1. The molecule has 3 atom stereocenters. The molecular weight excluding hydrogens is 502 g/mol. The molecule has 0 bridgehead atoms. The third-order valence-electron chi connectivity index (χ3n) is 6.85. The maximum absolute atomic E-state index is 13.7. The van der Waals surface area contributed by atoms with Crippen LogP contribution in [0.3, 0.4) is 0 Å². The number of anilines is 1. The van der Waals surface area contributed by atoms with Crippen LogP contribution in [0.2, 0.25) is 0 Å². The van der Waals surface area contributed by atoms with E-state index in [0.29, 0.717) is 47.7 Å². The van der Waals surface area contributed by atoms with Crippen LogP contribution in [0, 0.1) is 12.8 Å². The number of amides is 3. The number of aromatic nitrogens is 1. The zero-order valence-corrected chi connectivity index (χ0v) is 21.0. The summed E-state index contributed by atoms with van der Waals surface area (Å²) in [6, 6.07) is 10.7. The molecule has 0 saturated carbocycles. The van der Waals surface area contributed by atoms with Gasteiger partial charge < -0.3 is 14.1 Å². The largest absolute Gasteiger partial charge is 0.469 e. The van der Waals surface area contributed by atoms with Gasteiger partial charge in [-0.15, -0.1) is 0 Å². The van der Waals surface area contributed by atoms with E-state index < -0.39 is 17.1 Å². The van der Waals surface area contributed by atoms with E-state index in [4.69, 9.17) is 9.15 Å². The first-order valence-electron chi connectivity index (χ1n) is 11.7. The Bertz CT molecular complexity index is 1390. The molecule has 1 aromatic carbocycles. The fourth-order valence-electron chi connectivity index (χ4n) is 5.03. The van der Waals surface area contributed by atoms with Gasteiger partial charge in [-0.05, 0) is 31.2 Å². The highest BCUT2D eigenvalue weighted by molar-refractivity contribution is 8.00. The molecule has 5 heterocycles. The zero-order chi connectivity index (χ0) is 25.0. The Morgan fingerprint density at radius 2 is 1.81 bits per heavy atom. The summed E-state index contributed by atoms with van der Waals surface area (Å²) in [5.74, 6) is -1.61. The number of morpholine rings is 1. The predicted molar refractivity (Wildman–Crippen MR) is 133 cm³/mol. The summed E-state index contributed by atoms with van der Waals surface area (Å²) in [5, 5.41) is -0.179. The number of hydrogen-bond donors (Lipinski definition) is 0. The Labute approximate surface area is 214 Å². The summed E-state index contributed by atoms with van der Waals surface area (Å²) in [6.07, 6.45) is 1.52. The molecule has 0 aliphatic carbocycles. The summed E-state index contributed by atoms with van der Waals surface area (Å²) in [5.41, 5.74) is 1.54. The van der Waals surface area contributed by atoms with E-state index in [9.17, 15) is 19.2 Å². The number of aryl methyl sites for hydroxylation is 1. The Balaban J connectivity index is 1.41. The first-order valence-corrected chi connectivity index (χ1v) is 13.4. The quantitative estimate of drug-likeness (QED) is 0.482. The number of fused-ring (bicyclic) bond motifs is 2. The van der Waals surface area contributed by atoms with Crippen LogP contribution < -0.4 is 9.77 Å². The van der Waals surface area contributed by atoms with E-state index in [2.05, 4.69) is 0 Å². The van der Waals surface area contributed by atoms with Crippen molar-refractivity contribution in [3.8, 4) is 0 Å². The molecule has 0 spiro atoms. The maximum Gasteiger partial charge on any atom is 0.308 e. The standard InChI is InChI=1S/C25H23N3O6S2/c1-14-4-6-15(7-5-14)28-22(30)19-18(16-3-2-10-34-16)21-24(35-20(19)23(28)31)27(25(32)36-21)13-17(29)26-8-11-33-12-9-26/h2-7,10,18-20H,8-9,11-13H2,1H3. The molecule has 2 fully saturated rings. The molecular formula is C25H23N3O6S2. The summed E-state index contributed by atoms with van der Waals surface area (Å²) in [7, 11) is 0. The van der Waals surface area contributed by atoms with E-state index >= 15 is 0 Å². The lowest BCUT2D eigenvalue weighted by molar-refractivity contribution is -0.136. The molecule has 3 aromatic rings. The van der Waals surface area contributed by atoms with E-state index in [1.54, 1.807) is 29.2 Å². The minimum atomic E-state index is -0.736. The number of benzene rings is 1. The van der Waals surface area contributed by atoms with Crippen molar-refractivity contribution in [3.05, 3.63) is 68.5 Å². The third-order valence-corrected chi connectivity index (χ3v) is 9.45. The summed E-state index contributed by atoms with van der Waals surface area (Å²) in [6.45, 7) is 3.70. The van der Waals surface area contributed by atoms with Crippen molar-refractivity contribution >= 4 is 46.5 Å². The van der Waals surface area contributed by atoms with Crippen molar-refractivity contribution < 1.29 is 23.5 Å². The van der Waals surface area contributed by atoms with Crippen LogP contribution in [0.25, 0.3) is 0 Å². The zero-order valence-electron chi connectivity index (χ0n) is 19.4. The molecule has 0 radical (unpaired) electrons. The van der Waals surface area contributed by atoms with Gasteiger partial charge >= 0.3 is 4.87 Å². The lowest BCUT2D eigenvalue weighted by Gasteiger charge is -2.30. The third kappa shape index (κ3) is 3.73. The minimum Gasteiger partial charge on any atom is -0.469 e. The molecule has 36 heavy (non-hydrogen) atoms. The van der Waals surface area contributed by atoms with Crippen LogP contribution >= 0.6 is 23.1 Å². The average molecular weight is 526 g/mol. The van der Waals surface area contributed by atoms with Crippen LogP contribution in [0.15, 0.2) is 56.9 Å². The van der Waals surface area contributed by atoms with Gasteiger partial charge in [0.05, 0.1) is 46.9 Å². The molecule has 11 heteroatoms. The van der Waals surface area contributed by atoms with Crippen LogP contribution in [-0.2, 0) is 25.7 Å². The van der Waals surface area contributed by atoms with Crippen LogP contribution in [0.1, 0.15) is 22.1 Å². The fourth-order valence-corrected chi connectivity index (χ4v) is 7.78. The smallest absolute Gasteiger partial charge is 0.308 e. The molecule has 186 valence electrons. The second-order valence-corrected chi connectivity index (χ2v) is 11.1. The van der Waals surface area contributed by atoms with Crippen molar-refractivity contribution in [1.29, 1.82) is 0 Å². The molecule has 9 nitrogen and oxygen atoms in total. The highest BCUT2D eigenvalue weighted by Gasteiger charge is 2.57. The number of hydrogen-bond acceptors (Lipinski definition) is 8. The normalized spacial score (nSPS) is 23.6. The average Bonchev–Trinajstić information content (AvgIpc) is 3.58. The van der Waals surface area contributed by atoms with Gasteiger partial charge in [0.25, 0.3) is 0 Å². The van der Waals surface area contributed by atoms with Crippen LogP contribution in [-0.4, -0.2) is 58.7 Å². The highest BCUT2D eigenvalue weighted by atomic mass is 32.2. The van der Waals surface area contributed by atoms with Gasteiger partial charge in [-0.25, -0.2) is 4.90 Å². The number of furan rings is 1. The van der Waals surface area contributed by atoms with Gasteiger partial charge in [0.15, 0.2) is 0 Å². The molecule has 2 aromatic heterocycles.